The van der Waals surface area contributed by atoms with Crippen LogP contribution in [-0.4, -0.2) is 12.0 Å². The second kappa shape index (κ2) is 6.77. The van der Waals surface area contributed by atoms with Crippen molar-refractivity contribution < 1.29 is 27.6 Å². The van der Waals surface area contributed by atoms with Gasteiger partial charge in [0, 0.05) is 18.2 Å². The van der Waals surface area contributed by atoms with Crippen molar-refractivity contribution in [3.8, 4) is 17.2 Å². The first-order valence-electron chi connectivity index (χ1n) is 6.96. The number of aryl methyl sites for hydroxylation is 1. The summed E-state index contributed by atoms with van der Waals surface area (Å²) in [4.78, 5) is 9.79. The van der Waals surface area contributed by atoms with E-state index in [4.69, 9.17) is 9.47 Å². The van der Waals surface area contributed by atoms with Gasteiger partial charge in [-0.1, -0.05) is 13.0 Å². The average molecular weight is 341 g/mol. The molecule has 0 heterocycles. The van der Waals surface area contributed by atoms with Crippen LogP contribution in [-0.2, 0) is 12.6 Å². The van der Waals surface area contributed by atoms with E-state index in [1.807, 2.05) is 6.92 Å². The van der Waals surface area contributed by atoms with Crippen LogP contribution in [0.25, 0.3) is 0 Å². The molecule has 0 aliphatic rings. The largest absolute Gasteiger partial charge is 0.496 e. The number of rotatable bonds is 5. The molecule has 0 aliphatic carbocycles. The van der Waals surface area contributed by atoms with Crippen molar-refractivity contribution in [3.05, 3.63) is 57.6 Å². The lowest BCUT2D eigenvalue weighted by Crippen LogP contribution is -2.08. The Labute approximate surface area is 135 Å². The van der Waals surface area contributed by atoms with E-state index in [0.29, 0.717) is 18.2 Å². The molecule has 0 unspecified atom stereocenters. The predicted molar refractivity (Wildman–Crippen MR) is 80.5 cm³/mol. The molecule has 2 aromatic carbocycles. The summed E-state index contributed by atoms with van der Waals surface area (Å²) in [5.74, 6) is 0.119. The summed E-state index contributed by atoms with van der Waals surface area (Å²) >= 11 is 0. The third-order valence-electron chi connectivity index (χ3n) is 3.35. The zero-order valence-electron chi connectivity index (χ0n) is 12.9. The maximum atomic E-state index is 13.1. The molecule has 0 aromatic heterocycles. The van der Waals surface area contributed by atoms with Gasteiger partial charge in [-0.25, -0.2) is 0 Å². The van der Waals surface area contributed by atoms with Gasteiger partial charge < -0.3 is 9.47 Å². The van der Waals surface area contributed by atoms with E-state index < -0.39 is 28.1 Å². The molecule has 0 radical (unpaired) electrons. The van der Waals surface area contributed by atoms with Crippen molar-refractivity contribution in [1.82, 2.24) is 0 Å². The first kappa shape index (κ1) is 17.6. The molecule has 128 valence electrons. The highest BCUT2D eigenvalue weighted by Gasteiger charge is 2.36. The minimum atomic E-state index is -4.78. The fourth-order valence-electron chi connectivity index (χ4n) is 2.15. The van der Waals surface area contributed by atoms with Gasteiger partial charge in [-0.2, -0.15) is 13.2 Å². The van der Waals surface area contributed by atoms with Crippen LogP contribution in [0.5, 0.6) is 17.2 Å². The number of ether oxygens (including phenoxy) is 2. The Bertz CT molecular complexity index is 759. The third-order valence-corrected chi connectivity index (χ3v) is 3.35. The van der Waals surface area contributed by atoms with Crippen LogP contribution >= 0.6 is 0 Å². The van der Waals surface area contributed by atoms with Gasteiger partial charge in [-0.05, 0) is 24.1 Å². The van der Waals surface area contributed by atoms with Gasteiger partial charge in [0.15, 0.2) is 0 Å². The second-order valence-corrected chi connectivity index (χ2v) is 4.86. The number of methoxy groups -OCH3 is 1. The molecule has 0 spiro atoms. The summed E-state index contributed by atoms with van der Waals surface area (Å²) in [7, 11) is 1.45. The number of nitro benzene ring substituents is 1. The van der Waals surface area contributed by atoms with Crippen LogP contribution < -0.4 is 9.47 Å². The van der Waals surface area contributed by atoms with Crippen LogP contribution in [0.1, 0.15) is 18.1 Å². The van der Waals surface area contributed by atoms with E-state index in [9.17, 15) is 23.3 Å². The normalized spacial score (nSPS) is 11.2. The van der Waals surface area contributed by atoms with Crippen LogP contribution in [0.2, 0.25) is 0 Å². The van der Waals surface area contributed by atoms with Crippen LogP contribution in [0.15, 0.2) is 36.4 Å². The van der Waals surface area contributed by atoms with Crippen molar-refractivity contribution >= 4 is 5.69 Å². The Morgan fingerprint density at radius 2 is 1.83 bits per heavy atom. The van der Waals surface area contributed by atoms with E-state index in [-0.39, 0.29) is 5.75 Å². The molecule has 8 heteroatoms. The quantitative estimate of drug-likeness (QED) is 0.568. The topological polar surface area (TPSA) is 61.6 Å². The average Bonchev–Trinajstić information content (AvgIpc) is 2.53. The molecular formula is C16H14F3NO4. The minimum Gasteiger partial charge on any atom is -0.496 e. The molecule has 0 fully saturated rings. The fraction of sp³-hybridized carbons (Fsp3) is 0.250. The summed E-state index contributed by atoms with van der Waals surface area (Å²) in [6, 6.07) is 7.02. The monoisotopic (exact) mass is 341 g/mol. The van der Waals surface area contributed by atoms with Gasteiger partial charge in [0.05, 0.1) is 12.0 Å². The highest BCUT2D eigenvalue weighted by molar-refractivity contribution is 5.48. The van der Waals surface area contributed by atoms with Crippen molar-refractivity contribution in [1.29, 1.82) is 0 Å². The molecule has 0 saturated carbocycles. The molecule has 0 saturated heterocycles. The van der Waals surface area contributed by atoms with Gasteiger partial charge in [-0.15, -0.1) is 0 Å². The van der Waals surface area contributed by atoms with Crippen molar-refractivity contribution in [2.45, 2.75) is 19.5 Å². The highest BCUT2D eigenvalue weighted by atomic mass is 19.4. The summed E-state index contributed by atoms with van der Waals surface area (Å²) in [5, 5.41) is 10.7. The number of nitro groups is 1. The van der Waals surface area contributed by atoms with Crippen molar-refractivity contribution in [3.63, 3.8) is 0 Å². The first-order valence-corrected chi connectivity index (χ1v) is 6.96. The Hall–Kier alpha value is -2.77. The number of benzene rings is 2. The van der Waals surface area contributed by atoms with E-state index >= 15 is 0 Å². The number of nitrogens with zero attached hydrogens (tertiary/aromatic N) is 1. The number of non-ortho nitro benzene ring substituents is 1. The summed E-state index contributed by atoms with van der Waals surface area (Å²) in [6.45, 7) is 1.91. The number of hydrogen-bond donors (Lipinski definition) is 0. The summed E-state index contributed by atoms with van der Waals surface area (Å²) in [6.07, 6.45) is -4.09. The molecule has 5 nitrogen and oxygen atoms in total. The van der Waals surface area contributed by atoms with Crippen LogP contribution in [0.4, 0.5) is 18.9 Å². The maximum absolute atomic E-state index is 13.1. The molecular weight excluding hydrogens is 327 g/mol. The van der Waals surface area contributed by atoms with Gasteiger partial charge in [0.1, 0.15) is 22.8 Å². The maximum Gasteiger partial charge on any atom is 0.420 e. The molecule has 0 amide bonds. The molecule has 0 N–H and O–H groups in total. The number of hydrogen-bond acceptors (Lipinski definition) is 4. The standard InChI is InChI=1S/C16H14F3NO4/c1-3-10-4-6-12(9-15(10)23-2)24-14-7-5-11(20(21)22)8-13(14)16(17,18)19/h4-9H,3H2,1-2H3. The number of halogens is 3. The Kier molecular flexibility index (Phi) is 4.96. The van der Waals surface area contributed by atoms with Crippen LogP contribution in [0.3, 0.4) is 0 Å². The Balaban J connectivity index is 2.44. The van der Waals surface area contributed by atoms with Gasteiger partial charge in [-0.3, -0.25) is 10.1 Å². The van der Waals surface area contributed by atoms with Gasteiger partial charge >= 0.3 is 6.18 Å². The Morgan fingerprint density at radius 1 is 1.12 bits per heavy atom. The van der Waals surface area contributed by atoms with Crippen molar-refractivity contribution in [2.24, 2.45) is 0 Å². The van der Waals surface area contributed by atoms with Crippen LogP contribution in [0, 0.1) is 10.1 Å². The summed E-state index contributed by atoms with van der Waals surface area (Å²) < 4.78 is 49.9. The lowest BCUT2D eigenvalue weighted by atomic mass is 10.1. The van der Waals surface area contributed by atoms with Crippen molar-refractivity contribution in [2.75, 3.05) is 7.11 Å². The third kappa shape index (κ3) is 3.76. The number of alkyl halides is 3. The fourth-order valence-corrected chi connectivity index (χ4v) is 2.15. The molecule has 24 heavy (non-hydrogen) atoms. The first-order chi connectivity index (χ1) is 11.3. The zero-order chi connectivity index (χ0) is 17.9. The molecule has 0 aliphatic heterocycles. The van der Waals surface area contributed by atoms with E-state index in [1.54, 1.807) is 6.07 Å². The molecule has 0 bridgehead atoms. The SMILES string of the molecule is CCc1ccc(Oc2ccc([N+](=O)[O-])cc2C(F)(F)F)cc1OC. The zero-order valence-corrected chi connectivity index (χ0v) is 12.9. The molecule has 2 rings (SSSR count). The van der Waals surface area contributed by atoms with E-state index in [0.717, 1.165) is 17.7 Å². The highest BCUT2D eigenvalue weighted by Crippen LogP contribution is 2.40. The molecule has 2 aromatic rings. The van der Waals surface area contributed by atoms with E-state index in [1.165, 1.54) is 19.2 Å². The van der Waals surface area contributed by atoms with Gasteiger partial charge in [0.25, 0.3) is 5.69 Å². The minimum absolute atomic E-state index is 0.142. The smallest absolute Gasteiger partial charge is 0.420 e. The second-order valence-electron chi connectivity index (χ2n) is 4.86. The van der Waals surface area contributed by atoms with Gasteiger partial charge in [0.2, 0.25) is 0 Å². The van der Waals surface area contributed by atoms with E-state index in [2.05, 4.69) is 0 Å². The lowest BCUT2D eigenvalue weighted by molar-refractivity contribution is -0.385. The Morgan fingerprint density at radius 3 is 2.38 bits per heavy atom. The lowest BCUT2D eigenvalue weighted by Gasteiger charge is -2.15. The molecule has 0 atom stereocenters. The summed E-state index contributed by atoms with van der Waals surface area (Å²) in [5.41, 5.74) is -0.992. The predicted octanol–water partition coefficient (Wildman–Crippen LogP) is 4.98.